The second kappa shape index (κ2) is 5.61. The summed E-state index contributed by atoms with van der Waals surface area (Å²) in [6, 6.07) is 8.82. The van der Waals surface area contributed by atoms with Crippen molar-refractivity contribution in [1.29, 1.82) is 0 Å². The van der Waals surface area contributed by atoms with E-state index in [4.69, 9.17) is 0 Å². The number of carbonyl (C=O) groups is 1. The lowest BCUT2D eigenvalue weighted by molar-refractivity contribution is -0.120. The zero-order valence-corrected chi connectivity index (χ0v) is 11.2. The molecule has 1 heterocycles. The van der Waals surface area contributed by atoms with Crippen LogP contribution in [0, 0.1) is 0 Å². The fourth-order valence-electron chi connectivity index (χ4n) is 2.48. The van der Waals surface area contributed by atoms with Gasteiger partial charge in [-0.25, -0.2) is 0 Å². The molecule has 0 spiro atoms. The molecule has 3 rings (SSSR count). The first-order valence-electron chi connectivity index (χ1n) is 7.15. The van der Waals surface area contributed by atoms with E-state index in [1.807, 2.05) is 6.07 Å². The van der Waals surface area contributed by atoms with Gasteiger partial charge in [-0.2, -0.15) is 0 Å². The van der Waals surface area contributed by atoms with Crippen molar-refractivity contribution >= 4 is 11.6 Å². The highest BCUT2D eigenvalue weighted by Gasteiger charge is 2.23. The number of piperazine rings is 1. The summed E-state index contributed by atoms with van der Waals surface area (Å²) in [5, 5.41) is 6.39. The quantitative estimate of drug-likeness (QED) is 0.845. The van der Waals surface area contributed by atoms with Crippen LogP contribution in [0.3, 0.4) is 0 Å². The number of nitrogens with zero attached hydrogens (tertiary/aromatic N) is 1. The monoisotopic (exact) mass is 259 g/mol. The molecule has 1 aromatic carbocycles. The van der Waals surface area contributed by atoms with Crippen LogP contribution in [0.25, 0.3) is 0 Å². The van der Waals surface area contributed by atoms with Gasteiger partial charge in [0.1, 0.15) is 0 Å². The van der Waals surface area contributed by atoms with Gasteiger partial charge < -0.3 is 15.5 Å². The van der Waals surface area contributed by atoms with E-state index in [9.17, 15) is 4.79 Å². The van der Waals surface area contributed by atoms with E-state index in [1.54, 1.807) is 0 Å². The van der Waals surface area contributed by atoms with E-state index >= 15 is 0 Å². The Morgan fingerprint density at radius 3 is 2.84 bits per heavy atom. The molecule has 102 valence electrons. The molecule has 19 heavy (non-hydrogen) atoms. The molecule has 1 aliphatic carbocycles. The topological polar surface area (TPSA) is 44.4 Å². The Hall–Kier alpha value is -1.55. The van der Waals surface area contributed by atoms with Gasteiger partial charge in [0.05, 0.1) is 6.42 Å². The van der Waals surface area contributed by atoms with Crippen LogP contribution >= 0.6 is 0 Å². The molecule has 0 atom stereocenters. The van der Waals surface area contributed by atoms with Crippen LogP contribution in [0.5, 0.6) is 0 Å². The van der Waals surface area contributed by atoms with Crippen molar-refractivity contribution in [3.8, 4) is 0 Å². The third-order valence-corrected chi connectivity index (χ3v) is 3.70. The third kappa shape index (κ3) is 3.47. The van der Waals surface area contributed by atoms with Crippen LogP contribution < -0.4 is 15.5 Å². The van der Waals surface area contributed by atoms with E-state index in [1.165, 1.54) is 5.69 Å². The van der Waals surface area contributed by atoms with Crippen LogP contribution in [-0.2, 0) is 11.2 Å². The SMILES string of the molecule is O=C(Cc1cccc(N2CCNCC2)c1)NC1CC1. The van der Waals surface area contributed by atoms with Gasteiger partial charge >= 0.3 is 0 Å². The Bertz CT molecular complexity index is 450. The van der Waals surface area contributed by atoms with Crippen molar-refractivity contribution in [2.24, 2.45) is 0 Å². The molecule has 4 heteroatoms. The summed E-state index contributed by atoms with van der Waals surface area (Å²) in [5.41, 5.74) is 2.34. The number of rotatable bonds is 4. The molecule has 1 saturated heterocycles. The average Bonchev–Trinajstić information content (AvgIpc) is 3.24. The summed E-state index contributed by atoms with van der Waals surface area (Å²) >= 11 is 0. The number of benzene rings is 1. The van der Waals surface area contributed by atoms with Crippen LogP contribution in [-0.4, -0.2) is 38.1 Å². The highest BCUT2D eigenvalue weighted by atomic mass is 16.1. The predicted octanol–water partition coefficient (Wildman–Crippen LogP) is 0.917. The van der Waals surface area contributed by atoms with Crippen LogP contribution in [0.1, 0.15) is 18.4 Å². The zero-order valence-electron chi connectivity index (χ0n) is 11.2. The Morgan fingerprint density at radius 2 is 2.11 bits per heavy atom. The van der Waals surface area contributed by atoms with E-state index in [-0.39, 0.29) is 5.91 Å². The fraction of sp³-hybridized carbons (Fsp3) is 0.533. The number of hydrogen-bond acceptors (Lipinski definition) is 3. The standard InChI is InChI=1S/C15H21N3O/c19-15(17-13-4-5-13)11-12-2-1-3-14(10-12)18-8-6-16-7-9-18/h1-3,10,13,16H,4-9,11H2,(H,17,19). The molecule has 1 amide bonds. The van der Waals surface area contributed by atoms with Gasteiger partial charge in [-0.1, -0.05) is 12.1 Å². The van der Waals surface area contributed by atoms with Crippen molar-refractivity contribution in [2.75, 3.05) is 31.1 Å². The fourth-order valence-corrected chi connectivity index (χ4v) is 2.48. The minimum absolute atomic E-state index is 0.153. The average molecular weight is 259 g/mol. The molecule has 2 aliphatic rings. The first-order chi connectivity index (χ1) is 9.31. The molecule has 2 fully saturated rings. The lowest BCUT2D eigenvalue weighted by Crippen LogP contribution is -2.43. The number of hydrogen-bond donors (Lipinski definition) is 2. The summed E-state index contributed by atoms with van der Waals surface area (Å²) < 4.78 is 0. The molecule has 0 unspecified atom stereocenters. The molecular weight excluding hydrogens is 238 g/mol. The maximum Gasteiger partial charge on any atom is 0.224 e. The first kappa shape index (κ1) is 12.5. The number of carbonyl (C=O) groups excluding carboxylic acids is 1. The van der Waals surface area contributed by atoms with E-state index in [0.29, 0.717) is 12.5 Å². The predicted molar refractivity (Wildman–Crippen MR) is 76.4 cm³/mol. The number of anilines is 1. The second-order valence-electron chi connectivity index (χ2n) is 5.43. The van der Waals surface area contributed by atoms with Gasteiger partial charge in [-0.3, -0.25) is 4.79 Å². The van der Waals surface area contributed by atoms with Gasteiger partial charge in [-0.15, -0.1) is 0 Å². The Kier molecular flexibility index (Phi) is 3.69. The molecule has 1 saturated carbocycles. The van der Waals surface area contributed by atoms with Crippen molar-refractivity contribution < 1.29 is 4.79 Å². The maximum atomic E-state index is 11.8. The Morgan fingerprint density at radius 1 is 1.32 bits per heavy atom. The van der Waals surface area contributed by atoms with Crippen molar-refractivity contribution in [1.82, 2.24) is 10.6 Å². The lowest BCUT2D eigenvalue weighted by atomic mass is 10.1. The molecule has 0 bridgehead atoms. The summed E-state index contributed by atoms with van der Waals surface area (Å²) in [6.45, 7) is 4.15. The maximum absolute atomic E-state index is 11.8. The summed E-state index contributed by atoms with van der Waals surface area (Å²) in [7, 11) is 0. The van der Waals surface area contributed by atoms with Crippen LogP contribution in [0.2, 0.25) is 0 Å². The molecule has 1 aromatic rings. The highest BCUT2D eigenvalue weighted by molar-refractivity contribution is 5.79. The molecule has 2 N–H and O–H groups in total. The van der Waals surface area contributed by atoms with Gasteiger partial charge in [0.15, 0.2) is 0 Å². The van der Waals surface area contributed by atoms with E-state index in [2.05, 4.69) is 33.7 Å². The van der Waals surface area contributed by atoms with Crippen LogP contribution in [0.4, 0.5) is 5.69 Å². The van der Waals surface area contributed by atoms with Crippen molar-refractivity contribution in [3.05, 3.63) is 29.8 Å². The van der Waals surface area contributed by atoms with Crippen molar-refractivity contribution in [2.45, 2.75) is 25.3 Å². The number of nitrogens with one attached hydrogen (secondary N) is 2. The smallest absolute Gasteiger partial charge is 0.224 e. The second-order valence-corrected chi connectivity index (χ2v) is 5.43. The van der Waals surface area contributed by atoms with E-state index < -0.39 is 0 Å². The minimum Gasteiger partial charge on any atom is -0.369 e. The normalized spacial score (nSPS) is 19.3. The van der Waals surface area contributed by atoms with Gasteiger partial charge in [0.25, 0.3) is 0 Å². The molecule has 4 nitrogen and oxygen atoms in total. The molecule has 1 aliphatic heterocycles. The van der Waals surface area contributed by atoms with Crippen LogP contribution in [0.15, 0.2) is 24.3 Å². The zero-order chi connectivity index (χ0) is 13.1. The summed E-state index contributed by atoms with van der Waals surface area (Å²) in [4.78, 5) is 14.2. The molecule has 0 radical (unpaired) electrons. The first-order valence-corrected chi connectivity index (χ1v) is 7.15. The Balaban J connectivity index is 1.62. The number of amides is 1. The summed E-state index contributed by atoms with van der Waals surface area (Å²) in [5.74, 6) is 0.153. The highest BCUT2D eigenvalue weighted by Crippen LogP contribution is 2.20. The molecular formula is C15H21N3O. The summed E-state index contributed by atoms with van der Waals surface area (Å²) in [6.07, 6.45) is 2.79. The molecule has 0 aromatic heterocycles. The van der Waals surface area contributed by atoms with E-state index in [0.717, 1.165) is 44.6 Å². The minimum atomic E-state index is 0.153. The van der Waals surface area contributed by atoms with Gasteiger partial charge in [0, 0.05) is 37.9 Å². The largest absolute Gasteiger partial charge is 0.369 e. The van der Waals surface area contributed by atoms with Crippen molar-refractivity contribution in [3.63, 3.8) is 0 Å². The van der Waals surface area contributed by atoms with Gasteiger partial charge in [-0.05, 0) is 30.5 Å². The lowest BCUT2D eigenvalue weighted by Gasteiger charge is -2.29. The third-order valence-electron chi connectivity index (χ3n) is 3.70. The Labute approximate surface area is 114 Å². The van der Waals surface area contributed by atoms with Gasteiger partial charge in [0.2, 0.25) is 5.91 Å².